The van der Waals surface area contributed by atoms with Crippen molar-refractivity contribution in [2.45, 2.75) is 118 Å². The van der Waals surface area contributed by atoms with Gasteiger partial charge in [-0.05, 0) is 86.9 Å². The van der Waals surface area contributed by atoms with E-state index in [1.165, 1.54) is 12.8 Å². The van der Waals surface area contributed by atoms with Crippen LogP contribution in [0.15, 0.2) is 0 Å². The highest BCUT2D eigenvalue weighted by molar-refractivity contribution is 5.83. The van der Waals surface area contributed by atoms with Crippen LogP contribution in [0.5, 0.6) is 0 Å². The summed E-state index contributed by atoms with van der Waals surface area (Å²) in [6.07, 6.45) is 8.34. The molecular formula is C28H47NO3. The van der Waals surface area contributed by atoms with Gasteiger partial charge >= 0.3 is 0 Å². The highest BCUT2D eigenvalue weighted by Crippen LogP contribution is 2.67. The van der Waals surface area contributed by atoms with Crippen LogP contribution in [0.3, 0.4) is 0 Å². The number of nitrogens with one attached hydrogen (secondary N) is 1. The molecule has 0 bridgehead atoms. The second kappa shape index (κ2) is 8.80. The first-order chi connectivity index (χ1) is 15.0. The van der Waals surface area contributed by atoms with Crippen molar-refractivity contribution in [3.05, 3.63) is 0 Å². The SMILES string of the molecule is CC(=O)CC[C@@H](C)[C@H]1CC[C@H]2[C@@H]3C(=O)C[C@@H]4CC(NC(C)C)CC[C@]4(C)[C@H]3CC(O)[C@]12C. The van der Waals surface area contributed by atoms with Gasteiger partial charge in [0.15, 0.2) is 0 Å². The van der Waals surface area contributed by atoms with Gasteiger partial charge in [-0.25, -0.2) is 0 Å². The minimum absolute atomic E-state index is 0.129. The number of hydrogen-bond acceptors (Lipinski definition) is 4. The molecule has 0 aliphatic heterocycles. The summed E-state index contributed by atoms with van der Waals surface area (Å²) < 4.78 is 0. The van der Waals surface area contributed by atoms with Crippen LogP contribution in [0.2, 0.25) is 0 Å². The average Bonchev–Trinajstić information content (AvgIpc) is 3.06. The average molecular weight is 446 g/mol. The predicted molar refractivity (Wildman–Crippen MR) is 128 cm³/mol. The van der Waals surface area contributed by atoms with Crippen molar-refractivity contribution >= 4 is 11.6 Å². The van der Waals surface area contributed by atoms with E-state index in [4.69, 9.17) is 0 Å². The van der Waals surface area contributed by atoms with Gasteiger partial charge in [0.1, 0.15) is 11.6 Å². The summed E-state index contributed by atoms with van der Waals surface area (Å²) in [6, 6.07) is 1.00. The van der Waals surface area contributed by atoms with Gasteiger partial charge in [0.2, 0.25) is 0 Å². The lowest BCUT2D eigenvalue weighted by Crippen LogP contribution is -2.62. The van der Waals surface area contributed by atoms with Crippen molar-refractivity contribution in [1.29, 1.82) is 0 Å². The molecule has 0 spiro atoms. The molecular weight excluding hydrogens is 398 g/mol. The Morgan fingerprint density at radius 3 is 2.50 bits per heavy atom. The first-order valence-electron chi connectivity index (χ1n) is 13.4. The number of carbonyl (C=O) groups excluding carboxylic acids is 2. The number of carbonyl (C=O) groups is 2. The molecule has 182 valence electrons. The van der Waals surface area contributed by atoms with E-state index in [-0.39, 0.29) is 28.6 Å². The quantitative estimate of drug-likeness (QED) is 0.592. The van der Waals surface area contributed by atoms with E-state index in [0.29, 0.717) is 53.9 Å². The second-order valence-corrected chi connectivity index (χ2v) is 12.9. The molecule has 4 aliphatic carbocycles. The zero-order valence-electron chi connectivity index (χ0n) is 21.3. The van der Waals surface area contributed by atoms with Crippen molar-refractivity contribution in [2.75, 3.05) is 0 Å². The van der Waals surface area contributed by atoms with Gasteiger partial charge in [-0.2, -0.15) is 0 Å². The van der Waals surface area contributed by atoms with E-state index in [1.807, 2.05) is 0 Å². The number of rotatable bonds is 6. The van der Waals surface area contributed by atoms with Crippen molar-refractivity contribution in [3.8, 4) is 0 Å². The summed E-state index contributed by atoms with van der Waals surface area (Å²) in [5.74, 6) is 2.78. The monoisotopic (exact) mass is 445 g/mol. The molecule has 4 nitrogen and oxygen atoms in total. The molecule has 0 aromatic rings. The van der Waals surface area contributed by atoms with Gasteiger partial charge in [-0.3, -0.25) is 4.79 Å². The molecule has 4 saturated carbocycles. The van der Waals surface area contributed by atoms with E-state index in [0.717, 1.165) is 38.5 Å². The third-order valence-corrected chi connectivity index (χ3v) is 10.9. The number of aliphatic hydroxyl groups excluding tert-OH is 1. The predicted octanol–water partition coefficient (Wildman–Crippen LogP) is 5.17. The maximum atomic E-state index is 13.7. The van der Waals surface area contributed by atoms with E-state index in [2.05, 4.69) is 39.9 Å². The van der Waals surface area contributed by atoms with E-state index in [1.54, 1.807) is 6.92 Å². The summed E-state index contributed by atoms with van der Waals surface area (Å²) in [5, 5.41) is 15.4. The minimum atomic E-state index is -0.337. The van der Waals surface area contributed by atoms with Gasteiger partial charge in [0.25, 0.3) is 0 Å². The number of fused-ring (bicyclic) bond motifs is 5. The first kappa shape index (κ1) is 24.4. The third kappa shape index (κ3) is 3.91. The largest absolute Gasteiger partial charge is 0.393 e. The van der Waals surface area contributed by atoms with Crippen molar-refractivity contribution in [1.82, 2.24) is 5.32 Å². The Morgan fingerprint density at radius 1 is 1.12 bits per heavy atom. The van der Waals surface area contributed by atoms with Crippen molar-refractivity contribution < 1.29 is 14.7 Å². The molecule has 2 unspecified atom stereocenters. The Labute approximate surface area is 195 Å². The lowest BCUT2D eigenvalue weighted by Gasteiger charge is -2.62. The molecule has 0 saturated heterocycles. The molecule has 10 atom stereocenters. The number of aliphatic hydroxyl groups is 1. The Balaban J connectivity index is 1.56. The van der Waals surface area contributed by atoms with Crippen LogP contribution in [0, 0.1) is 46.3 Å². The van der Waals surface area contributed by atoms with Gasteiger partial charge in [0.05, 0.1) is 6.10 Å². The van der Waals surface area contributed by atoms with Gasteiger partial charge in [-0.1, -0.05) is 34.6 Å². The van der Waals surface area contributed by atoms with Gasteiger partial charge in [0, 0.05) is 36.3 Å². The minimum Gasteiger partial charge on any atom is -0.393 e. The van der Waals surface area contributed by atoms with Crippen LogP contribution in [0.25, 0.3) is 0 Å². The van der Waals surface area contributed by atoms with Gasteiger partial charge < -0.3 is 15.2 Å². The number of ketones is 2. The Bertz CT molecular complexity index is 734. The molecule has 0 heterocycles. The molecule has 0 aromatic heterocycles. The molecule has 4 fully saturated rings. The lowest BCUT2D eigenvalue weighted by molar-refractivity contribution is -0.179. The standard InChI is InChI=1S/C28H47NO3/c1-16(2)29-20-11-12-27(5)19(13-20)14-24(31)26-22-10-9-21(17(3)7-8-18(4)30)28(22,6)25(32)15-23(26)27/h16-17,19-23,25-26,29,32H,7-15H2,1-6H3/t17-,19+,20?,21-,22+,23+,25?,26+,27+,28-/m1/s1. The number of hydrogen-bond donors (Lipinski definition) is 2. The maximum Gasteiger partial charge on any atom is 0.136 e. The topological polar surface area (TPSA) is 66.4 Å². The van der Waals surface area contributed by atoms with Crippen LogP contribution < -0.4 is 5.32 Å². The summed E-state index contributed by atoms with van der Waals surface area (Å²) in [5.41, 5.74) is -0.0129. The summed E-state index contributed by atoms with van der Waals surface area (Å²) in [4.78, 5) is 25.3. The molecule has 32 heavy (non-hydrogen) atoms. The fraction of sp³-hybridized carbons (Fsp3) is 0.929. The van der Waals surface area contributed by atoms with E-state index >= 15 is 0 Å². The molecule has 4 aliphatic rings. The summed E-state index contributed by atoms with van der Waals surface area (Å²) >= 11 is 0. The fourth-order valence-electron chi connectivity index (χ4n) is 9.12. The smallest absolute Gasteiger partial charge is 0.136 e. The summed E-state index contributed by atoms with van der Waals surface area (Å²) in [7, 11) is 0. The fourth-order valence-corrected chi connectivity index (χ4v) is 9.12. The molecule has 0 amide bonds. The van der Waals surface area contributed by atoms with Crippen LogP contribution >= 0.6 is 0 Å². The third-order valence-electron chi connectivity index (χ3n) is 10.9. The Hall–Kier alpha value is -0.740. The first-order valence-corrected chi connectivity index (χ1v) is 13.4. The van der Waals surface area contributed by atoms with Crippen molar-refractivity contribution in [3.63, 3.8) is 0 Å². The molecule has 0 aromatic carbocycles. The Kier molecular flexibility index (Phi) is 6.71. The highest BCUT2D eigenvalue weighted by Gasteiger charge is 2.65. The normalized spacial score (nSPS) is 47.0. The molecule has 4 heteroatoms. The number of Topliss-reactive ketones (excluding diaryl/α,β-unsaturated/α-hetero) is 2. The highest BCUT2D eigenvalue weighted by atomic mass is 16.3. The maximum absolute atomic E-state index is 13.7. The zero-order valence-corrected chi connectivity index (χ0v) is 21.3. The van der Waals surface area contributed by atoms with E-state index < -0.39 is 0 Å². The zero-order chi connectivity index (χ0) is 23.4. The van der Waals surface area contributed by atoms with E-state index in [9.17, 15) is 14.7 Å². The molecule has 0 radical (unpaired) electrons. The van der Waals surface area contributed by atoms with Crippen LogP contribution in [-0.2, 0) is 9.59 Å². The summed E-state index contributed by atoms with van der Waals surface area (Å²) in [6.45, 7) is 13.1. The lowest BCUT2D eigenvalue weighted by atomic mass is 9.43. The van der Waals surface area contributed by atoms with Crippen LogP contribution in [-0.4, -0.2) is 34.9 Å². The molecule has 4 rings (SSSR count). The van der Waals surface area contributed by atoms with Crippen LogP contribution in [0.4, 0.5) is 0 Å². The Morgan fingerprint density at radius 2 is 1.84 bits per heavy atom. The van der Waals surface area contributed by atoms with Crippen LogP contribution in [0.1, 0.15) is 99.3 Å². The molecule has 2 N–H and O–H groups in total. The van der Waals surface area contributed by atoms with Gasteiger partial charge in [-0.15, -0.1) is 0 Å². The van der Waals surface area contributed by atoms with Crippen molar-refractivity contribution in [2.24, 2.45) is 46.3 Å². The second-order valence-electron chi connectivity index (χ2n) is 12.9.